The maximum Gasteiger partial charge on any atom is 0.117 e. The topological polar surface area (TPSA) is 56.7 Å². The highest BCUT2D eigenvalue weighted by Gasteiger charge is 2.12. The van der Waals surface area contributed by atoms with Gasteiger partial charge in [0, 0.05) is 18.7 Å². The fraction of sp³-hybridized carbons (Fsp3) is 0.556. The van der Waals surface area contributed by atoms with Crippen LogP contribution in [-0.2, 0) is 13.1 Å². The van der Waals surface area contributed by atoms with Crippen LogP contribution in [0.5, 0.6) is 0 Å². The second-order valence-electron chi connectivity index (χ2n) is 5.95. The fourth-order valence-electron chi connectivity index (χ4n) is 2.69. The number of rotatable bonds is 9. The van der Waals surface area contributed by atoms with E-state index in [2.05, 4.69) is 48.4 Å². The van der Waals surface area contributed by atoms with Crippen molar-refractivity contribution in [3.63, 3.8) is 0 Å². The lowest BCUT2D eigenvalue weighted by Gasteiger charge is -2.06. The molecule has 120 valence electrons. The summed E-state index contributed by atoms with van der Waals surface area (Å²) in [5.74, 6) is 0. The van der Waals surface area contributed by atoms with E-state index in [1.807, 2.05) is 4.68 Å². The number of hydrogen-bond donors (Lipinski definition) is 1. The van der Waals surface area contributed by atoms with E-state index in [9.17, 15) is 0 Å². The van der Waals surface area contributed by atoms with Crippen molar-refractivity contribution in [2.75, 3.05) is 0 Å². The molecule has 0 amide bonds. The molecule has 22 heavy (non-hydrogen) atoms. The van der Waals surface area contributed by atoms with Crippen LogP contribution in [-0.4, -0.2) is 15.0 Å². The molecule has 0 aliphatic rings. The van der Waals surface area contributed by atoms with Crippen LogP contribution in [0.25, 0.3) is 11.3 Å². The molecule has 1 aromatic carbocycles. The molecular formula is C18H28N4. The van der Waals surface area contributed by atoms with Gasteiger partial charge in [-0.1, -0.05) is 74.1 Å². The van der Waals surface area contributed by atoms with E-state index in [1.54, 1.807) is 0 Å². The summed E-state index contributed by atoms with van der Waals surface area (Å²) >= 11 is 0. The van der Waals surface area contributed by atoms with Crippen LogP contribution in [0.4, 0.5) is 0 Å². The number of benzene rings is 1. The van der Waals surface area contributed by atoms with Crippen LogP contribution in [0.2, 0.25) is 0 Å². The molecule has 0 atom stereocenters. The molecule has 0 aliphatic heterocycles. The minimum Gasteiger partial charge on any atom is -0.325 e. The zero-order valence-corrected chi connectivity index (χ0v) is 13.9. The molecule has 2 rings (SSSR count). The molecule has 4 nitrogen and oxygen atoms in total. The van der Waals surface area contributed by atoms with Crippen LogP contribution in [0.1, 0.15) is 56.7 Å². The van der Waals surface area contributed by atoms with Gasteiger partial charge in [-0.3, -0.25) is 0 Å². The minimum atomic E-state index is 0.478. The van der Waals surface area contributed by atoms with Gasteiger partial charge in [0.15, 0.2) is 0 Å². The van der Waals surface area contributed by atoms with Crippen molar-refractivity contribution in [3.8, 4) is 11.3 Å². The van der Waals surface area contributed by atoms with E-state index in [1.165, 1.54) is 37.7 Å². The zero-order valence-electron chi connectivity index (χ0n) is 13.9. The van der Waals surface area contributed by atoms with E-state index in [0.717, 1.165) is 29.9 Å². The van der Waals surface area contributed by atoms with Crippen molar-refractivity contribution < 1.29 is 0 Å². The largest absolute Gasteiger partial charge is 0.325 e. The molecule has 0 fully saturated rings. The molecule has 1 aromatic heterocycles. The first-order valence-electron chi connectivity index (χ1n) is 8.45. The molecule has 2 aromatic rings. The average molecular weight is 300 g/mol. The third kappa shape index (κ3) is 4.41. The van der Waals surface area contributed by atoms with Gasteiger partial charge in [-0.2, -0.15) is 0 Å². The predicted octanol–water partition coefficient (Wildman–Crippen LogP) is 4.07. The van der Waals surface area contributed by atoms with E-state index in [0.29, 0.717) is 6.54 Å². The molecule has 0 saturated carbocycles. The first kappa shape index (κ1) is 16.7. The molecule has 0 saturated heterocycles. The van der Waals surface area contributed by atoms with Crippen molar-refractivity contribution in [3.05, 3.63) is 35.5 Å². The maximum absolute atomic E-state index is 5.93. The third-order valence-corrected chi connectivity index (χ3v) is 4.08. The quantitative estimate of drug-likeness (QED) is 0.710. The van der Waals surface area contributed by atoms with Gasteiger partial charge >= 0.3 is 0 Å². The second kappa shape index (κ2) is 8.69. The predicted molar refractivity (Wildman–Crippen MR) is 91.5 cm³/mol. The Balaban J connectivity index is 1.97. The van der Waals surface area contributed by atoms with Gasteiger partial charge in [0.1, 0.15) is 5.69 Å². The normalized spacial score (nSPS) is 11.0. The van der Waals surface area contributed by atoms with Crippen LogP contribution in [0.15, 0.2) is 24.3 Å². The first-order chi connectivity index (χ1) is 10.8. The molecule has 0 radical (unpaired) electrons. The summed E-state index contributed by atoms with van der Waals surface area (Å²) in [5.41, 5.74) is 10.2. The lowest BCUT2D eigenvalue weighted by Crippen LogP contribution is -2.10. The Morgan fingerprint density at radius 1 is 1.00 bits per heavy atom. The van der Waals surface area contributed by atoms with Gasteiger partial charge in [0.25, 0.3) is 0 Å². The van der Waals surface area contributed by atoms with Crippen molar-refractivity contribution in [1.82, 2.24) is 15.0 Å². The van der Waals surface area contributed by atoms with E-state index >= 15 is 0 Å². The highest BCUT2D eigenvalue weighted by molar-refractivity contribution is 5.61. The van der Waals surface area contributed by atoms with Crippen LogP contribution < -0.4 is 5.73 Å². The average Bonchev–Trinajstić information content (AvgIpc) is 2.94. The number of hydrogen-bond acceptors (Lipinski definition) is 3. The summed E-state index contributed by atoms with van der Waals surface area (Å²) < 4.78 is 1.98. The second-order valence-corrected chi connectivity index (χ2v) is 5.95. The highest BCUT2D eigenvalue weighted by Crippen LogP contribution is 2.21. The Hall–Kier alpha value is -1.68. The number of nitrogens with zero attached hydrogens (tertiary/aromatic N) is 3. The SMILES string of the molecule is CCCCCCCCn1nnc(-c2ccc(C)cc2)c1CN. The monoisotopic (exact) mass is 300 g/mol. The highest BCUT2D eigenvalue weighted by atomic mass is 15.4. The van der Waals surface area contributed by atoms with Crippen molar-refractivity contribution in [1.29, 1.82) is 0 Å². The van der Waals surface area contributed by atoms with Crippen LogP contribution in [0, 0.1) is 6.92 Å². The molecule has 2 N–H and O–H groups in total. The van der Waals surface area contributed by atoms with Gasteiger partial charge in [0.2, 0.25) is 0 Å². The summed E-state index contributed by atoms with van der Waals surface area (Å²) in [6, 6.07) is 8.38. The van der Waals surface area contributed by atoms with Gasteiger partial charge in [-0.05, 0) is 13.3 Å². The van der Waals surface area contributed by atoms with Crippen molar-refractivity contribution >= 4 is 0 Å². The molecule has 4 heteroatoms. The van der Waals surface area contributed by atoms with Crippen molar-refractivity contribution in [2.24, 2.45) is 5.73 Å². The van der Waals surface area contributed by atoms with Crippen molar-refractivity contribution in [2.45, 2.75) is 65.5 Å². The minimum absolute atomic E-state index is 0.478. The van der Waals surface area contributed by atoms with Gasteiger partial charge in [-0.15, -0.1) is 5.10 Å². The molecule has 1 heterocycles. The number of aryl methyl sites for hydroxylation is 2. The summed E-state index contributed by atoms with van der Waals surface area (Å²) in [5, 5.41) is 8.65. The van der Waals surface area contributed by atoms with E-state index < -0.39 is 0 Å². The Kier molecular flexibility index (Phi) is 6.59. The molecule has 0 unspecified atom stereocenters. The Morgan fingerprint density at radius 3 is 2.36 bits per heavy atom. The van der Waals surface area contributed by atoms with E-state index in [-0.39, 0.29) is 0 Å². The maximum atomic E-state index is 5.93. The lowest BCUT2D eigenvalue weighted by atomic mass is 10.1. The van der Waals surface area contributed by atoms with Gasteiger partial charge in [-0.25, -0.2) is 4.68 Å². The molecule has 0 spiro atoms. The fourth-order valence-corrected chi connectivity index (χ4v) is 2.69. The smallest absolute Gasteiger partial charge is 0.117 e. The lowest BCUT2D eigenvalue weighted by molar-refractivity contribution is 0.503. The summed E-state index contributed by atoms with van der Waals surface area (Å²) in [4.78, 5) is 0. The summed E-state index contributed by atoms with van der Waals surface area (Å²) in [6.07, 6.45) is 7.68. The number of nitrogens with two attached hydrogens (primary N) is 1. The van der Waals surface area contributed by atoms with Gasteiger partial charge < -0.3 is 5.73 Å². The van der Waals surface area contributed by atoms with Gasteiger partial charge in [0.05, 0.1) is 5.69 Å². The summed E-state index contributed by atoms with van der Waals surface area (Å²) in [7, 11) is 0. The molecule has 0 aliphatic carbocycles. The zero-order chi connectivity index (χ0) is 15.8. The standard InChI is InChI=1S/C18H28N4/c1-3-4-5-6-7-8-13-22-17(14-19)18(20-21-22)16-11-9-15(2)10-12-16/h9-12H,3-8,13-14,19H2,1-2H3. The Labute approximate surface area is 133 Å². The number of aromatic nitrogens is 3. The Bertz CT molecular complexity index is 557. The van der Waals surface area contributed by atoms with Crippen LogP contribution >= 0.6 is 0 Å². The molecule has 0 bridgehead atoms. The summed E-state index contributed by atoms with van der Waals surface area (Å²) in [6.45, 7) is 5.72. The molecular weight excluding hydrogens is 272 g/mol. The van der Waals surface area contributed by atoms with Crippen LogP contribution in [0.3, 0.4) is 0 Å². The first-order valence-corrected chi connectivity index (χ1v) is 8.45. The number of unbranched alkanes of at least 4 members (excludes halogenated alkanes) is 5. The van der Waals surface area contributed by atoms with E-state index in [4.69, 9.17) is 5.73 Å². The third-order valence-electron chi connectivity index (χ3n) is 4.08. The Morgan fingerprint density at radius 2 is 1.68 bits per heavy atom.